The zero-order valence-corrected chi connectivity index (χ0v) is 14.0. The smallest absolute Gasteiger partial charge is 0.227 e. The molecule has 2 fully saturated rings. The number of hydrogen-bond acceptors (Lipinski definition) is 3. The Morgan fingerprint density at radius 1 is 1.42 bits per heavy atom. The molecule has 1 saturated heterocycles. The normalized spacial score (nSPS) is 29.8. The van der Waals surface area contributed by atoms with Gasteiger partial charge in [0.25, 0.3) is 0 Å². The number of benzene rings is 1. The molecule has 1 aromatic carbocycles. The highest BCUT2D eigenvalue weighted by Crippen LogP contribution is 2.42. The van der Waals surface area contributed by atoms with E-state index in [1.54, 1.807) is 7.11 Å². The predicted molar refractivity (Wildman–Crippen MR) is 91.7 cm³/mol. The van der Waals surface area contributed by atoms with Gasteiger partial charge in [-0.25, -0.2) is 0 Å². The lowest BCUT2D eigenvalue weighted by Gasteiger charge is -2.42. The summed E-state index contributed by atoms with van der Waals surface area (Å²) in [5, 5.41) is 11.2. The summed E-state index contributed by atoms with van der Waals surface area (Å²) >= 11 is 0. The standard InChI is InChI=1S/C19H24N2O3/c1-24-19-7-6-14(22)11-17(19)21(9-8-19)18(23)10-13-12-20-16-5-3-2-4-15(13)16/h2-5,12,14,17,20,22H,6-11H2,1H3/t14?,17?,19-/m1/s1. The molecule has 1 amide bonds. The van der Waals surface area contributed by atoms with Crippen molar-refractivity contribution in [1.29, 1.82) is 0 Å². The molecule has 24 heavy (non-hydrogen) atoms. The molecule has 2 aliphatic rings. The summed E-state index contributed by atoms with van der Waals surface area (Å²) in [6.07, 6.45) is 5.04. The highest BCUT2D eigenvalue weighted by atomic mass is 16.5. The van der Waals surface area contributed by atoms with Crippen LogP contribution in [0.2, 0.25) is 0 Å². The van der Waals surface area contributed by atoms with E-state index in [1.807, 2.05) is 35.4 Å². The lowest BCUT2D eigenvalue weighted by Crippen LogP contribution is -2.53. The number of amides is 1. The molecule has 2 heterocycles. The molecule has 2 N–H and O–H groups in total. The largest absolute Gasteiger partial charge is 0.393 e. The second kappa shape index (κ2) is 5.90. The van der Waals surface area contributed by atoms with E-state index in [1.165, 1.54) is 0 Å². The van der Waals surface area contributed by atoms with E-state index in [9.17, 15) is 9.90 Å². The highest BCUT2D eigenvalue weighted by molar-refractivity contribution is 5.89. The average molecular weight is 328 g/mol. The van der Waals surface area contributed by atoms with Crippen molar-refractivity contribution in [3.63, 3.8) is 0 Å². The van der Waals surface area contributed by atoms with Crippen LogP contribution in [0, 0.1) is 0 Å². The first-order chi connectivity index (χ1) is 11.6. The number of carbonyl (C=O) groups is 1. The van der Waals surface area contributed by atoms with Crippen molar-refractivity contribution in [2.24, 2.45) is 0 Å². The SMILES string of the molecule is CO[C@@]12CCC(O)CC1N(C(=O)Cc1c[nH]c3ccccc13)CC2. The van der Waals surface area contributed by atoms with Crippen LogP contribution in [0.25, 0.3) is 10.9 Å². The van der Waals surface area contributed by atoms with Crippen LogP contribution in [0.15, 0.2) is 30.5 Å². The molecule has 0 radical (unpaired) electrons. The molecule has 5 nitrogen and oxygen atoms in total. The monoisotopic (exact) mass is 328 g/mol. The number of methoxy groups -OCH3 is 1. The van der Waals surface area contributed by atoms with Gasteiger partial charge in [-0.05, 0) is 37.3 Å². The van der Waals surface area contributed by atoms with E-state index in [2.05, 4.69) is 4.98 Å². The minimum Gasteiger partial charge on any atom is -0.393 e. The van der Waals surface area contributed by atoms with Crippen molar-refractivity contribution in [3.05, 3.63) is 36.0 Å². The number of hydrogen-bond donors (Lipinski definition) is 2. The van der Waals surface area contributed by atoms with Gasteiger partial charge in [-0.1, -0.05) is 18.2 Å². The summed E-state index contributed by atoms with van der Waals surface area (Å²) in [6, 6.07) is 8.03. The Bertz CT molecular complexity index is 756. The maximum absolute atomic E-state index is 13.0. The van der Waals surface area contributed by atoms with Gasteiger partial charge in [0.2, 0.25) is 5.91 Å². The number of ether oxygens (including phenoxy) is 1. The molecule has 5 heteroatoms. The topological polar surface area (TPSA) is 65.6 Å². The maximum Gasteiger partial charge on any atom is 0.227 e. The Labute approximate surface area is 141 Å². The van der Waals surface area contributed by atoms with Gasteiger partial charge in [0.1, 0.15) is 0 Å². The Morgan fingerprint density at radius 3 is 3.08 bits per heavy atom. The molecular formula is C19H24N2O3. The molecule has 0 spiro atoms. The number of rotatable bonds is 3. The summed E-state index contributed by atoms with van der Waals surface area (Å²) in [5.74, 6) is 0.123. The molecule has 2 aromatic rings. The number of aliphatic hydroxyl groups excluding tert-OH is 1. The van der Waals surface area contributed by atoms with Gasteiger partial charge in [0.05, 0.1) is 24.2 Å². The van der Waals surface area contributed by atoms with Crippen molar-refractivity contribution < 1.29 is 14.6 Å². The van der Waals surface area contributed by atoms with E-state index in [0.717, 1.165) is 35.7 Å². The van der Waals surface area contributed by atoms with Crippen LogP contribution in [0.5, 0.6) is 0 Å². The molecule has 1 aromatic heterocycles. The van der Waals surface area contributed by atoms with Crippen molar-refractivity contribution in [3.8, 4) is 0 Å². The Kier molecular flexibility index (Phi) is 3.85. The van der Waals surface area contributed by atoms with Crippen LogP contribution in [0.4, 0.5) is 0 Å². The summed E-state index contributed by atoms with van der Waals surface area (Å²) in [4.78, 5) is 18.1. The second-order valence-corrected chi connectivity index (χ2v) is 7.09. The average Bonchev–Trinajstić information content (AvgIpc) is 3.17. The number of likely N-dealkylation sites (tertiary alicyclic amines) is 1. The Morgan fingerprint density at radius 2 is 2.25 bits per heavy atom. The van der Waals surface area contributed by atoms with Crippen molar-refractivity contribution in [1.82, 2.24) is 9.88 Å². The van der Waals surface area contributed by atoms with Crippen molar-refractivity contribution in [2.75, 3.05) is 13.7 Å². The third-order valence-corrected chi connectivity index (χ3v) is 5.90. The van der Waals surface area contributed by atoms with E-state index in [0.29, 0.717) is 19.4 Å². The molecule has 1 saturated carbocycles. The first-order valence-corrected chi connectivity index (χ1v) is 8.71. The van der Waals surface area contributed by atoms with Gasteiger partial charge in [-0.3, -0.25) is 4.79 Å². The second-order valence-electron chi connectivity index (χ2n) is 7.09. The number of H-pyrrole nitrogens is 1. The van der Waals surface area contributed by atoms with Crippen molar-refractivity contribution in [2.45, 2.75) is 49.9 Å². The fraction of sp³-hybridized carbons (Fsp3) is 0.526. The van der Waals surface area contributed by atoms with Gasteiger partial charge in [0.15, 0.2) is 0 Å². The lowest BCUT2D eigenvalue weighted by atomic mass is 9.79. The maximum atomic E-state index is 13.0. The molecule has 2 unspecified atom stereocenters. The Hall–Kier alpha value is -1.85. The highest BCUT2D eigenvalue weighted by Gasteiger charge is 2.52. The number of aliphatic hydroxyl groups is 1. The van der Waals surface area contributed by atoms with E-state index < -0.39 is 0 Å². The van der Waals surface area contributed by atoms with E-state index in [4.69, 9.17) is 4.74 Å². The molecule has 128 valence electrons. The predicted octanol–water partition coefficient (Wildman–Crippen LogP) is 2.24. The molecule has 4 rings (SSSR count). The number of aromatic nitrogens is 1. The summed E-state index contributed by atoms with van der Waals surface area (Å²) in [5.41, 5.74) is 1.82. The zero-order valence-electron chi connectivity index (χ0n) is 14.0. The number of aromatic amines is 1. The molecule has 1 aliphatic heterocycles. The number of nitrogens with one attached hydrogen (secondary N) is 1. The number of nitrogens with zero attached hydrogens (tertiary/aromatic N) is 1. The van der Waals surface area contributed by atoms with Crippen LogP contribution < -0.4 is 0 Å². The third kappa shape index (κ3) is 2.43. The van der Waals surface area contributed by atoms with Crippen LogP contribution in [-0.2, 0) is 16.0 Å². The minimum absolute atomic E-state index is 0.0102. The van der Waals surface area contributed by atoms with Gasteiger partial charge in [-0.15, -0.1) is 0 Å². The first kappa shape index (κ1) is 15.7. The van der Waals surface area contributed by atoms with E-state index in [-0.39, 0.29) is 23.7 Å². The summed E-state index contributed by atoms with van der Waals surface area (Å²) in [6.45, 7) is 0.715. The quantitative estimate of drug-likeness (QED) is 0.908. The molecular weight excluding hydrogens is 304 g/mol. The van der Waals surface area contributed by atoms with Gasteiger partial charge in [-0.2, -0.15) is 0 Å². The van der Waals surface area contributed by atoms with Gasteiger partial charge >= 0.3 is 0 Å². The molecule has 0 bridgehead atoms. The van der Waals surface area contributed by atoms with Crippen LogP contribution in [-0.4, -0.2) is 52.3 Å². The van der Waals surface area contributed by atoms with Crippen LogP contribution >= 0.6 is 0 Å². The molecule has 1 aliphatic carbocycles. The number of fused-ring (bicyclic) bond motifs is 2. The van der Waals surface area contributed by atoms with Crippen LogP contribution in [0.3, 0.4) is 0 Å². The van der Waals surface area contributed by atoms with E-state index >= 15 is 0 Å². The minimum atomic E-state index is -0.334. The zero-order chi connectivity index (χ0) is 16.7. The Balaban J connectivity index is 1.56. The fourth-order valence-electron chi connectivity index (χ4n) is 4.52. The number of carbonyl (C=O) groups excluding carboxylic acids is 1. The third-order valence-electron chi connectivity index (χ3n) is 5.90. The van der Waals surface area contributed by atoms with Gasteiger partial charge < -0.3 is 19.7 Å². The van der Waals surface area contributed by atoms with Crippen LogP contribution in [0.1, 0.15) is 31.2 Å². The molecule has 3 atom stereocenters. The summed E-state index contributed by atoms with van der Waals surface area (Å²) in [7, 11) is 1.73. The lowest BCUT2D eigenvalue weighted by molar-refractivity contribution is -0.139. The first-order valence-electron chi connectivity index (χ1n) is 8.71. The fourth-order valence-corrected chi connectivity index (χ4v) is 4.52. The van der Waals surface area contributed by atoms with Gasteiger partial charge in [0, 0.05) is 30.8 Å². The van der Waals surface area contributed by atoms with Crippen molar-refractivity contribution >= 4 is 16.8 Å². The number of para-hydroxylation sites is 1. The summed E-state index contributed by atoms with van der Waals surface area (Å²) < 4.78 is 5.83.